The van der Waals surface area contributed by atoms with Crippen molar-refractivity contribution in [3.05, 3.63) is 51.6 Å². The Kier molecular flexibility index (Phi) is 5.01. The zero-order valence-electron chi connectivity index (χ0n) is 12.7. The highest BCUT2D eigenvalue weighted by Gasteiger charge is 2.14. The second-order valence-electron chi connectivity index (χ2n) is 5.43. The Morgan fingerprint density at radius 2 is 2.10 bits per heavy atom. The summed E-state index contributed by atoms with van der Waals surface area (Å²) in [7, 11) is 0. The van der Waals surface area contributed by atoms with Gasteiger partial charge in [-0.1, -0.05) is 24.6 Å². The molecule has 2 rings (SSSR count). The molecule has 0 aliphatic rings. The van der Waals surface area contributed by atoms with Crippen LogP contribution in [0, 0.1) is 19.7 Å². The molecule has 3 nitrogen and oxygen atoms in total. The second kappa shape index (κ2) is 6.58. The smallest absolute Gasteiger partial charge is 0.142 e. The zero-order valence-corrected chi connectivity index (χ0v) is 13.4. The van der Waals surface area contributed by atoms with Crippen molar-refractivity contribution >= 4 is 11.6 Å². The molecule has 1 aromatic heterocycles. The summed E-state index contributed by atoms with van der Waals surface area (Å²) in [6.07, 6.45) is 1.76. The largest absolute Gasteiger partial charge is 0.327 e. The van der Waals surface area contributed by atoms with E-state index in [4.69, 9.17) is 17.3 Å². The number of hydrogen-bond donors (Lipinski definition) is 1. The number of nitrogens with zero attached hydrogens (tertiary/aromatic N) is 2. The van der Waals surface area contributed by atoms with E-state index < -0.39 is 5.82 Å². The molecule has 5 heteroatoms. The van der Waals surface area contributed by atoms with Crippen LogP contribution in [-0.2, 0) is 13.0 Å². The van der Waals surface area contributed by atoms with E-state index in [-0.39, 0.29) is 11.1 Å². The van der Waals surface area contributed by atoms with Crippen LogP contribution >= 0.6 is 11.6 Å². The van der Waals surface area contributed by atoms with Crippen LogP contribution in [0.3, 0.4) is 0 Å². The van der Waals surface area contributed by atoms with Gasteiger partial charge in [-0.15, -0.1) is 0 Å². The maximum atomic E-state index is 13.5. The molecule has 1 unspecified atom stereocenters. The van der Waals surface area contributed by atoms with Crippen LogP contribution in [0.4, 0.5) is 4.39 Å². The molecule has 0 aliphatic carbocycles. The van der Waals surface area contributed by atoms with Crippen molar-refractivity contribution in [3.63, 3.8) is 0 Å². The Balaban J connectivity index is 2.24. The topological polar surface area (TPSA) is 43.8 Å². The van der Waals surface area contributed by atoms with Gasteiger partial charge in [0, 0.05) is 11.7 Å². The van der Waals surface area contributed by atoms with Crippen LogP contribution in [0.1, 0.15) is 35.9 Å². The Morgan fingerprint density at radius 1 is 1.38 bits per heavy atom. The number of hydrogen-bond acceptors (Lipinski definition) is 2. The maximum Gasteiger partial charge on any atom is 0.142 e. The minimum atomic E-state index is -0.399. The molecule has 1 heterocycles. The number of halogens is 2. The summed E-state index contributed by atoms with van der Waals surface area (Å²) in [6.45, 7) is 6.63. The first kappa shape index (κ1) is 16.0. The van der Waals surface area contributed by atoms with Gasteiger partial charge in [0.05, 0.1) is 17.3 Å². The summed E-state index contributed by atoms with van der Waals surface area (Å²) in [5.41, 5.74) is 10.2. The first-order valence-corrected chi connectivity index (χ1v) is 7.52. The second-order valence-corrected chi connectivity index (χ2v) is 5.84. The monoisotopic (exact) mass is 309 g/mol. The Bertz CT molecular complexity index is 637. The lowest BCUT2D eigenvalue weighted by Crippen LogP contribution is -2.22. The molecular formula is C16H21ClFN3. The average Bonchev–Trinajstić information content (AvgIpc) is 2.70. The molecule has 1 atom stereocenters. The molecule has 2 aromatic rings. The van der Waals surface area contributed by atoms with Crippen molar-refractivity contribution in [1.82, 2.24) is 9.78 Å². The van der Waals surface area contributed by atoms with E-state index in [2.05, 4.69) is 12.0 Å². The molecule has 0 fully saturated rings. The minimum absolute atomic E-state index is 0.140. The Morgan fingerprint density at radius 3 is 2.71 bits per heavy atom. The fraction of sp³-hybridized carbons (Fsp3) is 0.438. The van der Waals surface area contributed by atoms with Crippen LogP contribution in [0.5, 0.6) is 0 Å². The summed E-state index contributed by atoms with van der Waals surface area (Å²) in [6, 6.07) is 4.99. The Hall–Kier alpha value is -1.39. The zero-order chi connectivity index (χ0) is 15.6. The van der Waals surface area contributed by atoms with Crippen LogP contribution in [0.15, 0.2) is 18.2 Å². The van der Waals surface area contributed by atoms with Crippen molar-refractivity contribution in [1.29, 1.82) is 0 Å². The van der Waals surface area contributed by atoms with Crippen LogP contribution in [-0.4, -0.2) is 15.8 Å². The highest BCUT2D eigenvalue weighted by atomic mass is 35.5. The van der Waals surface area contributed by atoms with Crippen molar-refractivity contribution in [2.24, 2.45) is 5.73 Å². The summed E-state index contributed by atoms with van der Waals surface area (Å²) in [5.74, 6) is -0.399. The van der Waals surface area contributed by atoms with Gasteiger partial charge in [-0.2, -0.15) is 5.10 Å². The van der Waals surface area contributed by atoms with Gasteiger partial charge < -0.3 is 5.73 Å². The van der Waals surface area contributed by atoms with E-state index in [1.807, 2.05) is 24.6 Å². The number of aromatic nitrogens is 2. The van der Waals surface area contributed by atoms with E-state index in [1.54, 1.807) is 6.07 Å². The first-order valence-electron chi connectivity index (χ1n) is 7.14. The molecule has 0 saturated heterocycles. The highest BCUT2D eigenvalue weighted by molar-refractivity contribution is 6.30. The van der Waals surface area contributed by atoms with E-state index in [0.717, 1.165) is 29.8 Å². The van der Waals surface area contributed by atoms with Gasteiger partial charge in [-0.25, -0.2) is 4.39 Å². The molecule has 21 heavy (non-hydrogen) atoms. The lowest BCUT2D eigenvalue weighted by molar-refractivity contribution is 0.614. The Labute approximate surface area is 129 Å². The molecule has 0 amide bonds. The van der Waals surface area contributed by atoms with Crippen molar-refractivity contribution in [3.8, 4) is 0 Å². The molecule has 0 aliphatic heterocycles. The van der Waals surface area contributed by atoms with Gasteiger partial charge in [0.25, 0.3) is 0 Å². The third-order valence-electron chi connectivity index (χ3n) is 3.84. The van der Waals surface area contributed by atoms with Gasteiger partial charge >= 0.3 is 0 Å². The van der Waals surface area contributed by atoms with E-state index >= 15 is 0 Å². The average molecular weight is 310 g/mol. The lowest BCUT2D eigenvalue weighted by atomic mass is 10.0. The predicted molar refractivity (Wildman–Crippen MR) is 84.2 cm³/mol. The van der Waals surface area contributed by atoms with Gasteiger partial charge in [-0.05, 0) is 49.9 Å². The minimum Gasteiger partial charge on any atom is -0.327 e. The van der Waals surface area contributed by atoms with E-state index in [1.165, 1.54) is 11.6 Å². The van der Waals surface area contributed by atoms with Crippen molar-refractivity contribution < 1.29 is 4.39 Å². The van der Waals surface area contributed by atoms with Crippen molar-refractivity contribution in [2.45, 2.75) is 46.2 Å². The maximum absolute atomic E-state index is 13.5. The summed E-state index contributed by atoms with van der Waals surface area (Å²) < 4.78 is 15.4. The molecule has 114 valence electrons. The first-order chi connectivity index (χ1) is 9.92. The molecule has 0 spiro atoms. The SMILES string of the molecule is CCC(N)Cc1c(C)nn(Cc2ccc(Cl)c(F)c2)c1C. The summed E-state index contributed by atoms with van der Waals surface area (Å²) in [5, 5.41) is 4.69. The normalized spacial score (nSPS) is 12.7. The highest BCUT2D eigenvalue weighted by Crippen LogP contribution is 2.19. The lowest BCUT2D eigenvalue weighted by Gasteiger charge is -2.10. The van der Waals surface area contributed by atoms with Gasteiger partial charge in [0.1, 0.15) is 5.82 Å². The van der Waals surface area contributed by atoms with Crippen LogP contribution in [0.25, 0.3) is 0 Å². The summed E-state index contributed by atoms with van der Waals surface area (Å²) >= 11 is 5.71. The molecular weight excluding hydrogens is 289 g/mol. The number of aryl methyl sites for hydroxylation is 1. The predicted octanol–water partition coefficient (Wildman–Crippen LogP) is 3.62. The van der Waals surface area contributed by atoms with Gasteiger partial charge in [-0.3, -0.25) is 4.68 Å². The van der Waals surface area contributed by atoms with Crippen molar-refractivity contribution in [2.75, 3.05) is 0 Å². The number of nitrogens with two attached hydrogens (primary N) is 1. The fourth-order valence-corrected chi connectivity index (χ4v) is 2.52. The number of benzene rings is 1. The van der Waals surface area contributed by atoms with Crippen LogP contribution in [0.2, 0.25) is 5.02 Å². The van der Waals surface area contributed by atoms with E-state index in [9.17, 15) is 4.39 Å². The standard InChI is InChI=1S/C16H21ClFN3/c1-4-13(19)8-14-10(2)20-21(11(14)3)9-12-5-6-15(17)16(18)7-12/h5-7,13H,4,8-9,19H2,1-3H3. The van der Waals surface area contributed by atoms with Gasteiger partial charge in [0.15, 0.2) is 0 Å². The number of rotatable bonds is 5. The fourth-order valence-electron chi connectivity index (χ4n) is 2.40. The van der Waals surface area contributed by atoms with E-state index in [0.29, 0.717) is 6.54 Å². The third-order valence-corrected chi connectivity index (χ3v) is 4.14. The summed E-state index contributed by atoms with van der Waals surface area (Å²) in [4.78, 5) is 0. The molecule has 0 radical (unpaired) electrons. The molecule has 1 aromatic carbocycles. The van der Waals surface area contributed by atoms with Gasteiger partial charge in [0.2, 0.25) is 0 Å². The van der Waals surface area contributed by atoms with Crippen LogP contribution < -0.4 is 5.73 Å². The quantitative estimate of drug-likeness (QED) is 0.916. The molecule has 0 bridgehead atoms. The molecule has 0 saturated carbocycles. The third kappa shape index (κ3) is 3.63. The molecule has 2 N–H and O–H groups in total.